The maximum Gasteiger partial charge on any atom is 0.328 e. The normalized spacial score (nSPS) is 10.3. The van der Waals surface area contributed by atoms with Gasteiger partial charge in [0.1, 0.15) is 0 Å². The Hall–Kier alpha value is -2.96. The fraction of sp³-hybridized carbons (Fsp3) is 0.125. The highest BCUT2D eigenvalue weighted by molar-refractivity contribution is 6.52. The molecule has 1 N–H and O–H groups in total. The zero-order chi connectivity index (χ0) is 16.1. The summed E-state index contributed by atoms with van der Waals surface area (Å²) < 4.78 is 5.07. The lowest BCUT2D eigenvalue weighted by Crippen LogP contribution is -2.22. The molecule has 0 saturated heterocycles. The number of aromatic nitrogens is 3. The highest BCUT2D eigenvalue weighted by Gasteiger charge is 2.12. The highest BCUT2D eigenvalue weighted by atomic mass is 16.5. The minimum absolute atomic E-state index is 0.0933. The minimum Gasteiger partial charge on any atom is -0.315 e. The van der Waals surface area contributed by atoms with E-state index in [0.717, 1.165) is 23.9 Å². The lowest BCUT2D eigenvalue weighted by atomic mass is 9.70. The zero-order valence-electron chi connectivity index (χ0n) is 12.7. The van der Waals surface area contributed by atoms with Crippen molar-refractivity contribution in [2.24, 2.45) is 0 Å². The van der Waals surface area contributed by atoms with Crippen LogP contribution in [0.2, 0.25) is 6.82 Å². The molecule has 23 heavy (non-hydrogen) atoms. The lowest BCUT2D eigenvalue weighted by molar-refractivity contribution is -0.115. The Bertz CT molecular complexity index is 805. The van der Waals surface area contributed by atoms with Gasteiger partial charge in [0, 0.05) is 18.0 Å². The SMILES string of the molecule is CBc1ccccc1CC(=O)Nc1nc(-c2ccncc2)no1. The van der Waals surface area contributed by atoms with Crippen LogP contribution in [-0.4, -0.2) is 28.3 Å². The van der Waals surface area contributed by atoms with Gasteiger partial charge in [0.2, 0.25) is 11.7 Å². The molecule has 7 heteroatoms. The number of anilines is 1. The highest BCUT2D eigenvalue weighted by Crippen LogP contribution is 2.16. The van der Waals surface area contributed by atoms with Crippen LogP contribution < -0.4 is 10.8 Å². The monoisotopic (exact) mass is 306 g/mol. The second-order valence-corrected chi connectivity index (χ2v) is 5.01. The van der Waals surface area contributed by atoms with Crippen molar-refractivity contribution < 1.29 is 9.32 Å². The van der Waals surface area contributed by atoms with E-state index < -0.39 is 0 Å². The van der Waals surface area contributed by atoms with E-state index in [-0.39, 0.29) is 18.3 Å². The van der Waals surface area contributed by atoms with E-state index in [2.05, 4.69) is 27.3 Å². The predicted molar refractivity (Wildman–Crippen MR) is 89.0 cm³/mol. The number of benzene rings is 1. The van der Waals surface area contributed by atoms with Crippen molar-refractivity contribution in [3.63, 3.8) is 0 Å². The summed E-state index contributed by atoms with van der Waals surface area (Å²) in [5.74, 6) is 0.229. The number of carbonyl (C=O) groups is 1. The predicted octanol–water partition coefficient (Wildman–Crippen LogP) is 1.42. The lowest BCUT2D eigenvalue weighted by Gasteiger charge is -2.06. The fourth-order valence-corrected chi connectivity index (χ4v) is 2.30. The average Bonchev–Trinajstić information content (AvgIpc) is 3.04. The maximum atomic E-state index is 12.1. The number of nitrogens with zero attached hydrogens (tertiary/aromatic N) is 3. The van der Waals surface area contributed by atoms with Crippen molar-refractivity contribution in [2.45, 2.75) is 13.2 Å². The van der Waals surface area contributed by atoms with Crippen LogP contribution in [0.1, 0.15) is 5.56 Å². The Labute approximate surface area is 134 Å². The molecular weight excluding hydrogens is 291 g/mol. The van der Waals surface area contributed by atoms with Crippen LogP contribution in [0.25, 0.3) is 11.4 Å². The van der Waals surface area contributed by atoms with E-state index in [1.807, 2.05) is 24.3 Å². The molecule has 0 fully saturated rings. The van der Waals surface area contributed by atoms with E-state index in [1.54, 1.807) is 24.5 Å². The summed E-state index contributed by atoms with van der Waals surface area (Å²) in [6.07, 6.45) is 3.56. The first-order chi connectivity index (χ1) is 11.3. The summed E-state index contributed by atoms with van der Waals surface area (Å²) >= 11 is 0. The van der Waals surface area contributed by atoms with E-state index in [1.165, 1.54) is 0 Å². The molecule has 1 amide bonds. The van der Waals surface area contributed by atoms with Crippen molar-refractivity contribution >= 4 is 24.7 Å². The Kier molecular flexibility index (Phi) is 4.47. The van der Waals surface area contributed by atoms with Crippen molar-refractivity contribution in [3.05, 3.63) is 54.4 Å². The van der Waals surface area contributed by atoms with E-state index in [9.17, 15) is 4.79 Å². The van der Waals surface area contributed by atoms with Crippen LogP contribution in [-0.2, 0) is 11.2 Å². The number of rotatable bonds is 5. The molecule has 2 heterocycles. The molecule has 0 saturated carbocycles. The second-order valence-electron chi connectivity index (χ2n) is 5.01. The van der Waals surface area contributed by atoms with Crippen LogP contribution in [0.5, 0.6) is 0 Å². The van der Waals surface area contributed by atoms with Gasteiger partial charge in [0.15, 0.2) is 7.28 Å². The number of amides is 1. The molecule has 0 aliphatic rings. The van der Waals surface area contributed by atoms with Gasteiger partial charge in [-0.25, -0.2) is 0 Å². The summed E-state index contributed by atoms with van der Waals surface area (Å²) in [4.78, 5) is 20.2. The summed E-state index contributed by atoms with van der Waals surface area (Å²) in [6, 6.07) is 11.5. The summed E-state index contributed by atoms with van der Waals surface area (Å²) in [5.41, 5.74) is 2.94. The van der Waals surface area contributed by atoms with Crippen molar-refractivity contribution in [3.8, 4) is 11.4 Å². The largest absolute Gasteiger partial charge is 0.328 e. The van der Waals surface area contributed by atoms with Crippen molar-refractivity contribution in [1.82, 2.24) is 15.1 Å². The number of carbonyl (C=O) groups excluding carboxylic acids is 1. The molecule has 0 aliphatic heterocycles. The molecule has 0 aliphatic carbocycles. The van der Waals surface area contributed by atoms with Gasteiger partial charge in [0.05, 0.1) is 6.42 Å². The first-order valence-electron chi connectivity index (χ1n) is 7.37. The number of nitrogens with one attached hydrogen (secondary N) is 1. The molecule has 6 nitrogen and oxygen atoms in total. The molecule has 3 rings (SSSR count). The van der Waals surface area contributed by atoms with Crippen molar-refractivity contribution in [1.29, 1.82) is 0 Å². The summed E-state index contributed by atoms with van der Waals surface area (Å²) in [5, 5.41) is 6.49. The van der Waals surface area contributed by atoms with Gasteiger partial charge < -0.3 is 4.52 Å². The fourth-order valence-electron chi connectivity index (χ4n) is 2.30. The van der Waals surface area contributed by atoms with Crippen molar-refractivity contribution in [2.75, 3.05) is 5.32 Å². The smallest absolute Gasteiger partial charge is 0.315 e. The molecule has 0 unspecified atom stereocenters. The third-order valence-corrected chi connectivity index (χ3v) is 3.46. The van der Waals surface area contributed by atoms with Crippen LogP contribution >= 0.6 is 0 Å². The number of hydrogen-bond donors (Lipinski definition) is 1. The Morgan fingerprint density at radius 1 is 1.22 bits per heavy atom. The van der Waals surface area contributed by atoms with E-state index >= 15 is 0 Å². The van der Waals surface area contributed by atoms with Crippen LogP contribution in [0.4, 0.5) is 6.01 Å². The second kappa shape index (κ2) is 6.87. The number of hydrogen-bond acceptors (Lipinski definition) is 5. The molecule has 114 valence electrons. The van der Waals surface area contributed by atoms with Crippen LogP contribution in [0.3, 0.4) is 0 Å². The molecule has 0 spiro atoms. The van der Waals surface area contributed by atoms with Gasteiger partial charge in [0.25, 0.3) is 0 Å². The van der Waals surface area contributed by atoms with E-state index in [4.69, 9.17) is 4.52 Å². The van der Waals surface area contributed by atoms with Gasteiger partial charge in [-0.2, -0.15) is 4.98 Å². The van der Waals surface area contributed by atoms with Gasteiger partial charge in [-0.1, -0.05) is 41.7 Å². The topological polar surface area (TPSA) is 80.9 Å². The summed E-state index contributed by atoms with van der Waals surface area (Å²) in [7, 11) is 0.885. The molecule has 1 aromatic carbocycles. The molecule has 0 radical (unpaired) electrons. The molecular formula is C16H15BN4O2. The third-order valence-electron chi connectivity index (χ3n) is 3.46. The Balaban J connectivity index is 1.68. The average molecular weight is 306 g/mol. The maximum absolute atomic E-state index is 12.1. The van der Waals surface area contributed by atoms with Crippen LogP contribution in [0.15, 0.2) is 53.3 Å². The number of pyridine rings is 1. The van der Waals surface area contributed by atoms with E-state index in [0.29, 0.717) is 5.82 Å². The third kappa shape index (κ3) is 3.63. The molecule has 0 bridgehead atoms. The first kappa shape index (κ1) is 15.0. The van der Waals surface area contributed by atoms with Gasteiger partial charge in [-0.3, -0.25) is 15.1 Å². The molecule has 3 aromatic rings. The minimum atomic E-state index is -0.184. The summed E-state index contributed by atoms with van der Waals surface area (Å²) in [6.45, 7) is 2.07. The standard InChI is InChI=1S/C16H15BN4O2/c1-17-13-5-3-2-4-12(13)10-14(22)19-16-20-15(21-23-16)11-6-8-18-9-7-11/h2-9,17H,10H2,1H3,(H,19,20,21,22). The van der Waals surface area contributed by atoms with Gasteiger partial charge in [-0.05, 0) is 17.7 Å². The quantitative estimate of drug-likeness (QED) is 0.721. The van der Waals surface area contributed by atoms with Crippen LogP contribution in [0, 0.1) is 0 Å². The first-order valence-corrected chi connectivity index (χ1v) is 7.37. The van der Waals surface area contributed by atoms with Gasteiger partial charge in [-0.15, -0.1) is 0 Å². The molecule has 2 aromatic heterocycles. The van der Waals surface area contributed by atoms with Gasteiger partial charge >= 0.3 is 6.01 Å². The Morgan fingerprint density at radius 2 is 2.00 bits per heavy atom. The Morgan fingerprint density at radius 3 is 2.78 bits per heavy atom. The molecule has 0 atom stereocenters. The zero-order valence-corrected chi connectivity index (χ0v) is 12.7.